The largest absolute Gasteiger partial charge is 1.00 e. The zero-order valence-electron chi connectivity index (χ0n) is 16.4. The van der Waals surface area contributed by atoms with E-state index in [-0.39, 0.29) is 38.5 Å². The molecule has 0 saturated heterocycles. The number of nitrogens with one attached hydrogen (secondary N) is 1. The van der Waals surface area contributed by atoms with E-state index < -0.39 is 35.0 Å². The number of carbonyl (C=O) groups excluding carboxylic acids is 2. The predicted octanol–water partition coefficient (Wildman–Crippen LogP) is -1.35. The number of hydrogen-bond acceptors (Lipinski definition) is 6. The second-order valence-corrected chi connectivity index (χ2v) is 5.94. The van der Waals surface area contributed by atoms with Gasteiger partial charge in [-0.1, -0.05) is 35.9 Å². The molecule has 8 heteroatoms. The second-order valence-electron chi connectivity index (χ2n) is 5.94. The van der Waals surface area contributed by atoms with Gasteiger partial charge in [0.2, 0.25) is 0 Å². The third-order valence-electron chi connectivity index (χ3n) is 4.19. The molecular weight excluding hydrogens is 345 g/mol. The van der Waals surface area contributed by atoms with Gasteiger partial charge in [-0.05, 0) is 32.8 Å². The number of ether oxygens (including phenoxy) is 2. The van der Waals surface area contributed by atoms with Crippen LogP contribution in [0.15, 0.2) is 36.9 Å². The number of rotatable bonds is 10. The van der Waals surface area contributed by atoms with Gasteiger partial charge in [-0.15, -0.1) is 6.58 Å². The van der Waals surface area contributed by atoms with Gasteiger partial charge >= 0.3 is 30.8 Å². The van der Waals surface area contributed by atoms with Crippen LogP contribution < -0.4 is 24.1 Å². The molecule has 1 aromatic carbocycles. The van der Waals surface area contributed by atoms with E-state index in [9.17, 15) is 20.0 Å². The van der Waals surface area contributed by atoms with E-state index in [0.717, 1.165) is 5.56 Å². The molecule has 1 atom stereocenters. The molecule has 1 unspecified atom stereocenters. The maximum atomic E-state index is 12.9. The topological polar surface area (TPSA) is 103 Å². The van der Waals surface area contributed by atoms with Gasteiger partial charge in [0.15, 0.2) is 5.41 Å². The van der Waals surface area contributed by atoms with Gasteiger partial charge in [-0.3, -0.25) is 9.59 Å². The minimum atomic E-state index is -1.84. The number of carbonyl (C=O) groups is 2. The SMILES string of the molecule is C=CCC(C(=O)OCC)(C(=O)OCC)C(C[NH+]([O-])[O-])c1ccc(C)cc1.[Li+]. The fraction of sp³-hybridized carbons (Fsp3) is 0.474. The first-order chi connectivity index (χ1) is 12.3. The van der Waals surface area contributed by atoms with Gasteiger partial charge in [0.1, 0.15) is 0 Å². The quantitative estimate of drug-likeness (QED) is 0.179. The number of hydrogen-bond donors (Lipinski definition) is 1. The average molecular weight is 371 g/mol. The number of aryl methyl sites for hydroxylation is 1. The van der Waals surface area contributed by atoms with E-state index in [4.69, 9.17) is 9.47 Å². The van der Waals surface area contributed by atoms with Gasteiger partial charge in [0.25, 0.3) is 0 Å². The van der Waals surface area contributed by atoms with Crippen molar-refractivity contribution in [3.05, 3.63) is 58.5 Å². The molecule has 0 spiro atoms. The molecular formula is C19H26LiNO6. The zero-order valence-corrected chi connectivity index (χ0v) is 16.4. The van der Waals surface area contributed by atoms with Crippen LogP contribution in [-0.2, 0) is 19.1 Å². The molecule has 0 heterocycles. The molecule has 0 radical (unpaired) electrons. The molecule has 0 aromatic heterocycles. The first-order valence-corrected chi connectivity index (χ1v) is 8.55. The molecule has 1 rings (SSSR count). The minimum absolute atomic E-state index is 0. The number of quaternary nitrogens is 1. The van der Waals surface area contributed by atoms with E-state index in [1.165, 1.54) is 6.08 Å². The van der Waals surface area contributed by atoms with Crippen molar-refractivity contribution in [1.82, 2.24) is 0 Å². The van der Waals surface area contributed by atoms with Crippen LogP contribution in [0.5, 0.6) is 0 Å². The van der Waals surface area contributed by atoms with Crippen LogP contribution in [0.4, 0.5) is 0 Å². The van der Waals surface area contributed by atoms with Gasteiger partial charge in [0.05, 0.1) is 25.7 Å². The molecule has 0 aliphatic carbocycles. The Balaban J connectivity index is 0.00000676. The smallest absolute Gasteiger partial charge is 0.633 e. The Hall–Kier alpha value is -1.62. The standard InChI is InChI=1S/C19H26NO6.Li/c1-5-12-19(17(21)25-6-2,18(22)26-7-3)16(13-20(23)24)15-10-8-14(4)9-11-15;/h5,8-11,16,20H,1,6-7,12-13H2,2-4H3;/q-1;+1. The summed E-state index contributed by atoms with van der Waals surface area (Å²) in [5.74, 6) is -2.67. The number of allylic oxidation sites excluding steroid dienone is 1. The third kappa shape index (κ3) is 6.20. The Morgan fingerprint density at radius 3 is 2.00 bits per heavy atom. The van der Waals surface area contributed by atoms with E-state index in [2.05, 4.69) is 6.58 Å². The second kappa shape index (κ2) is 12.0. The molecule has 0 aliphatic rings. The Bertz CT molecular complexity index is 599. The average Bonchev–Trinajstić information content (AvgIpc) is 2.59. The molecule has 0 saturated carbocycles. The van der Waals surface area contributed by atoms with Gasteiger partial charge in [0, 0.05) is 0 Å². The van der Waals surface area contributed by atoms with Crippen LogP contribution in [-0.4, -0.2) is 31.7 Å². The number of benzene rings is 1. The Kier molecular flexibility index (Phi) is 11.2. The van der Waals surface area contributed by atoms with Crippen molar-refractivity contribution < 1.29 is 43.1 Å². The van der Waals surface area contributed by atoms with Crippen LogP contribution in [0.3, 0.4) is 0 Å². The third-order valence-corrected chi connectivity index (χ3v) is 4.19. The van der Waals surface area contributed by atoms with E-state index in [1.807, 2.05) is 6.92 Å². The summed E-state index contributed by atoms with van der Waals surface area (Å²) in [6.45, 7) is 8.28. The Morgan fingerprint density at radius 1 is 1.15 bits per heavy atom. The Morgan fingerprint density at radius 2 is 1.63 bits per heavy atom. The molecule has 0 fully saturated rings. The van der Waals surface area contributed by atoms with Crippen molar-refractivity contribution >= 4 is 11.9 Å². The summed E-state index contributed by atoms with van der Waals surface area (Å²) >= 11 is 0. The first kappa shape index (κ1) is 25.4. The molecule has 0 aliphatic heterocycles. The normalized spacial score (nSPS) is 12.1. The van der Waals surface area contributed by atoms with Crippen molar-refractivity contribution in [3.63, 3.8) is 0 Å². The van der Waals surface area contributed by atoms with Crippen LogP contribution in [0.1, 0.15) is 37.3 Å². The van der Waals surface area contributed by atoms with Crippen LogP contribution in [0, 0.1) is 22.8 Å². The molecule has 1 N–H and O–H groups in total. The van der Waals surface area contributed by atoms with Gasteiger partial charge < -0.3 is 25.1 Å². The van der Waals surface area contributed by atoms with Crippen molar-refractivity contribution in [2.45, 2.75) is 33.1 Å². The summed E-state index contributed by atoms with van der Waals surface area (Å²) in [4.78, 5) is 25.7. The van der Waals surface area contributed by atoms with Crippen LogP contribution >= 0.6 is 0 Å². The summed E-state index contributed by atoms with van der Waals surface area (Å²) < 4.78 is 10.3. The Labute approximate surface area is 172 Å². The first-order valence-electron chi connectivity index (χ1n) is 8.55. The maximum Gasteiger partial charge on any atom is 1.00 e. The number of hydroxylamine groups is 2. The van der Waals surface area contributed by atoms with Crippen LogP contribution in [0.25, 0.3) is 0 Å². The summed E-state index contributed by atoms with van der Waals surface area (Å²) in [6, 6.07) is 6.96. The summed E-state index contributed by atoms with van der Waals surface area (Å²) in [5, 5.41) is 21.5. The van der Waals surface area contributed by atoms with Gasteiger partial charge in [-0.2, -0.15) is 0 Å². The van der Waals surface area contributed by atoms with Crippen LogP contribution in [0.2, 0.25) is 0 Å². The fourth-order valence-corrected chi connectivity index (χ4v) is 2.97. The van der Waals surface area contributed by atoms with E-state index >= 15 is 0 Å². The predicted molar refractivity (Wildman–Crippen MR) is 97.0 cm³/mol. The van der Waals surface area contributed by atoms with Crippen molar-refractivity contribution in [3.8, 4) is 0 Å². The molecule has 0 amide bonds. The maximum absolute atomic E-state index is 12.9. The number of esters is 2. The summed E-state index contributed by atoms with van der Waals surface area (Å²) in [6.07, 6.45) is 1.28. The molecule has 7 nitrogen and oxygen atoms in total. The van der Waals surface area contributed by atoms with Crippen molar-refractivity contribution in [1.29, 1.82) is 0 Å². The summed E-state index contributed by atoms with van der Waals surface area (Å²) in [7, 11) is 0. The molecule has 1 aromatic rings. The monoisotopic (exact) mass is 371 g/mol. The molecule has 0 bridgehead atoms. The zero-order chi connectivity index (χ0) is 19.7. The molecule has 27 heavy (non-hydrogen) atoms. The van der Waals surface area contributed by atoms with E-state index in [1.54, 1.807) is 38.1 Å². The van der Waals surface area contributed by atoms with E-state index in [0.29, 0.717) is 5.56 Å². The fourth-order valence-electron chi connectivity index (χ4n) is 2.97. The van der Waals surface area contributed by atoms with Gasteiger partial charge in [-0.25, -0.2) is 0 Å². The minimum Gasteiger partial charge on any atom is -0.633 e. The van der Waals surface area contributed by atoms with Crippen molar-refractivity contribution in [2.24, 2.45) is 5.41 Å². The van der Waals surface area contributed by atoms with Crippen molar-refractivity contribution in [2.75, 3.05) is 19.8 Å². The summed E-state index contributed by atoms with van der Waals surface area (Å²) in [5.41, 5.74) is -0.367. The molecule has 144 valence electrons.